The Labute approximate surface area is 164 Å². The van der Waals surface area contributed by atoms with Crippen molar-refractivity contribution in [2.45, 2.75) is 33.6 Å². The van der Waals surface area contributed by atoms with Crippen LogP contribution in [0.2, 0.25) is 5.02 Å². The molecule has 0 radical (unpaired) electrons. The monoisotopic (exact) mass is 388 g/mol. The highest BCUT2D eigenvalue weighted by atomic mass is 35.5. The number of anilines is 2. The number of ether oxygens (including phenoxy) is 1. The fourth-order valence-electron chi connectivity index (χ4n) is 3.18. The molecule has 0 aliphatic carbocycles. The van der Waals surface area contributed by atoms with Gasteiger partial charge in [-0.25, -0.2) is 4.98 Å². The Kier molecular flexibility index (Phi) is 6.16. The van der Waals surface area contributed by atoms with Crippen molar-refractivity contribution < 1.29 is 9.53 Å². The normalized spacial score (nSPS) is 16.9. The Morgan fingerprint density at radius 1 is 1.37 bits per heavy atom. The van der Waals surface area contributed by atoms with Crippen LogP contribution < -0.4 is 15.0 Å². The number of carbonyl (C=O) groups is 1. The fraction of sp³-hybridized carbons (Fsp3) is 0.450. The van der Waals surface area contributed by atoms with Crippen molar-refractivity contribution in [2.75, 3.05) is 29.9 Å². The Morgan fingerprint density at radius 3 is 2.96 bits per heavy atom. The van der Waals surface area contributed by atoms with E-state index in [0.29, 0.717) is 28.5 Å². The summed E-state index contributed by atoms with van der Waals surface area (Å²) in [5, 5.41) is 3.43. The second-order valence-electron chi connectivity index (χ2n) is 7.09. The quantitative estimate of drug-likeness (QED) is 0.838. The van der Waals surface area contributed by atoms with Crippen LogP contribution in [0.4, 0.5) is 11.6 Å². The Balaban J connectivity index is 1.63. The molecule has 27 heavy (non-hydrogen) atoms. The van der Waals surface area contributed by atoms with Crippen LogP contribution >= 0.6 is 11.6 Å². The zero-order valence-electron chi connectivity index (χ0n) is 16.0. The van der Waals surface area contributed by atoms with Gasteiger partial charge in [-0.3, -0.25) is 4.79 Å². The second-order valence-corrected chi connectivity index (χ2v) is 7.50. The summed E-state index contributed by atoms with van der Waals surface area (Å²) < 4.78 is 5.63. The van der Waals surface area contributed by atoms with Gasteiger partial charge in [0.25, 0.3) is 5.91 Å². The highest BCUT2D eigenvalue weighted by molar-refractivity contribution is 6.31. The molecule has 144 valence electrons. The summed E-state index contributed by atoms with van der Waals surface area (Å²) in [7, 11) is 0. The van der Waals surface area contributed by atoms with Crippen molar-refractivity contribution in [2.24, 2.45) is 5.92 Å². The third-order valence-corrected chi connectivity index (χ3v) is 5.06. The number of amides is 1. The highest BCUT2D eigenvalue weighted by Gasteiger charge is 2.19. The maximum Gasteiger partial charge on any atom is 0.262 e. The van der Waals surface area contributed by atoms with Gasteiger partial charge in [-0.15, -0.1) is 0 Å². The molecule has 7 heteroatoms. The van der Waals surface area contributed by atoms with Gasteiger partial charge in [0.15, 0.2) is 6.61 Å². The fourth-order valence-corrected chi connectivity index (χ4v) is 3.35. The molecule has 0 saturated carbocycles. The number of hydrogen-bond donors (Lipinski definition) is 1. The van der Waals surface area contributed by atoms with Crippen molar-refractivity contribution in [3.05, 3.63) is 40.5 Å². The van der Waals surface area contributed by atoms with Crippen molar-refractivity contribution in [3.8, 4) is 5.88 Å². The van der Waals surface area contributed by atoms with E-state index >= 15 is 0 Å². The second kappa shape index (κ2) is 8.57. The largest absolute Gasteiger partial charge is 0.467 e. The summed E-state index contributed by atoms with van der Waals surface area (Å²) in [6, 6.07) is 7.14. The SMILES string of the molecule is Cc1cc(OCC(=O)Nc2cccc(Cl)c2C)nc(N2CCCC(C)C2)n1. The van der Waals surface area contributed by atoms with Gasteiger partial charge in [0.05, 0.1) is 0 Å². The molecule has 1 aromatic heterocycles. The van der Waals surface area contributed by atoms with Crippen LogP contribution in [-0.2, 0) is 4.79 Å². The lowest BCUT2D eigenvalue weighted by Gasteiger charge is -2.31. The lowest BCUT2D eigenvalue weighted by atomic mass is 10.0. The molecule has 1 atom stereocenters. The average Bonchev–Trinajstić information content (AvgIpc) is 2.63. The summed E-state index contributed by atoms with van der Waals surface area (Å²) >= 11 is 6.08. The smallest absolute Gasteiger partial charge is 0.262 e. The summed E-state index contributed by atoms with van der Waals surface area (Å²) in [5.74, 6) is 1.44. The van der Waals surface area contributed by atoms with E-state index in [1.165, 1.54) is 6.42 Å². The van der Waals surface area contributed by atoms with Gasteiger partial charge >= 0.3 is 0 Å². The van der Waals surface area contributed by atoms with E-state index in [2.05, 4.69) is 27.1 Å². The topological polar surface area (TPSA) is 67.3 Å². The van der Waals surface area contributed by atoms with Gasteiger partial charge in [-0.1, -0.05) is 24.6 Å². The first-order valence-electron chi connectivity index (χ1n) is 9.21. The first kappa shape index (κ1) is 19.4. The molecule has 2 heterocycles. The summed E-state index contributed by atoms with van der Waals surface area (Å²) in [6.07, 6.45) is 2.37. The minimum absolute atomic E-state index is 0.127. The molecule has 1 aliphatic heterocycles. The van der Waals surface area contributed by atoms with Crippen LogP contribution in [0.15, 0.2) is 24.3 Å². The molecule has 1 aromatic carbocycles. The number of aromatic nitrogens is 2. The van der Waals surface area contributed by atoms with Gasteiger partial charge in [0, 0.05) is 35.6 Å². The van der Waals surface area contributed by atoms with Crippen LogP contribution in [0.1, 0.15) is 31.0 Å². The standard InChI is InChI=1S/C20H25ClN4O2/c1-13-6-5-9-25(11-13)20-22-14(2)10-19(24-20)27-12-18(26)23-17-8-4-7-16(21)15(17)3/h4,7-8,10,13H,5-6,9,11-12H2,1-3H3,(H,23,26). The molecule has 1 amide bonds. The van der Waals surface area contributed by atoms with Crippen molar-refractivity contribution in [1.29, 1.82) is 0 Å². The van der Waals surface area contributed by atoms with Crippen molar-refractivity contribution in [3.63, 3.8) is 0 Å². The molecule has 2 aromatic rings. The number of nitrogens with one attached hydrogen (secondary N) is 1. The number of halogens is 1. The number of piperidine rings is 1. The summed E-state index contributed by atoms with van der Waals surface area (Å²) in [6.45, 7) is 7.76. The van der Waals surface area contributed by atoms with Crippen molar-refractivity contribution in [1.82, 2.24) is 9.97 Å². The van der Waals surface area contributed by atoms with E-state index in [0.717, 1.165) is 30.8 Å². The number of nitrogens with zero attached hydrogens (tertiary/aromatic N) is 3. The maximum atomic E-state index is 12.2. The van der Waals surface area contributed by atoms with E-state index in [4.69, 9.17) is 16.3 Å². The number of benzene rings is 1. The van der Waals surface area contributed by atoms with Gasteiger partial charge in [-0.05, 0) is 50.3 Å². The molecule has 1 fully saturated rings. The molecular weight excluding hydrogens is 364 g/mol. The maximum absolute atomic E-state index is 12.2. The molecule has 1 saturated heterocycles. The lowest BCUT2D eigenvalue weighted by Crippen LogP contribution is -2.35. The van der Waals surface area contributed by atoms with Gasteiger partial charge in [-0.2, -0.15) is 4.98 Å². The Bertz CT molecular complexity index is 828. The molecule has 1 aliphatic rings. The third-order valence-electron chi connectivity index (χ3n) is 4.65. The summed E-state index contributed by atoms with van der Waals surface area (Å²) in [4.78, 5) is 23.4. The molecule has 3 rings (SSSR count). The molecule has 0 bridgehead atoms. The summed E-state index contributed by atoms with van der Waals surface area (Å²) in [5.41, 5.74) is 2.32. The third kappa shape index (κ3) is 5.10. The van der Waals surface area contributed by atoms with Crippen LogP contribution in [0, 0.1) is 19.8 Å². The Hall–Kier alpha value is -2.34. The molecular formula is C20H25ClN4O2. The predicted molar refractivity (Wildman–Crippen MR) is 108 cm³/mol. The van der Waals surface area contributed by atoms with E-state index in [9.17, 15) is 4.79 Å². The van der Waals surface area contributed by atoms with Gasteiger partial charge < -0.3 is 15.0 Å². The van der Waals surface area contributed by atoms with Crippen LogP contribution in [0.25, 0.3) is 0 Å². The zero-order valence-corrected chi connectivity index (χ0v) is 16.7. The van der Waals surface area contributed by atoms with E-state index in [1.54, 1.807) is 18.2 Å². The molecule has 1 N–H and O–H groups in total. The molecule has 0 spiro atoms. The predicted octanol–water partition coefficient (Wildman–Crippen LogP) is 4.00. The van der Waals surface area contributed by atoms with Crippen LogP contribution in [-0.4, -0.2) is 35.6 Å². The van der Waals surface area contributed by atoms with Crippen LogP contribution in [0.3, 0.4) is 0 Å². The van der Waals surface area contributed by atoms with Crippen LogP contribution in [0.5, 0.6) is 5.88 Å². The first-order chi connectivity index (χ1) is 12.9. The van der Waals surface area contributed by atoms with E-state index in [-0.39, 0.29) is 12.5 Å². The van der Waals surface area contributed by atoms with Gasteiger partial charge in [0.2, 0.25) is 11.8 Å². The van der Waals surface area contributed by atoms with Gasteiger partial charge in [0.1, 0.15) is 0 Å². The minimum atomic E-state index is -0.259. The Morgan fingerprint density at radius 2 is 2.19 bits per heavy atom. The van der Waals surface area contributed by atoms with Crippen molar-refractivity contribution >= 4 is 29.1 Å². The molecule has 1 unspecified atom stereocenters. The van der Waals surface area contributed by atoms with E-state index in [1.807, 2.05) is 19.9 Å². The molecule has 6 nitrogen and oxygen atoms in total. The number of hydrogen-bond acceptors (Lipinski definition) is 5. The number of rotatable bonds is 5. The minimum Gasteiger partial charge on any atom is -0.467 e. The average molecular weight is 389 g/mol. The van der Waals surface area contributed by atoms with E-state index < -0.39 is 0 Å². The lowest BCUT2D eigenvalue weighted by molar-refractivity contribution is -0.118. The number of aryl methyl sites for hydroxylation is 1. The zero-order chi connectivity index (χ0) is 19.4. The highest BCUT2D eigenvalue weighted by Crippen LogP contribution is 2.24. The first-order valence-corrected chi connectivity index (χ1v) is 9.58. The number of carbonyl (C=O) groups excluding carboxylic acids is 1.